The van der Waals surface area contributed by atoms with E-state index >= 15 is 0 Å². The van der Waals surface area contributed by atoms with Crippen molar-refractivity contribution in [1.82, 2.24) is 9.55 Å². The number of aromatic nitrogens is 2. The van der Waals surface area contributed by atoms with Crippen molar-refractivity contribution in [1.29, 1.82) is 0 Å². The second kappa shape index (κ2) is 9.13. The van der Waals surface area contributed by atoms with Crippen molar-refractivity contribution >= 4 is 50.2 Å². The first kappa shape index (κ1) is 21.6. The number of nitrogens with one attached hydrogen (secondary N) is 1. The first-order chi connectivity index (χ1) is 13.8. The SMILES string of the molecule is CCn1c(SC(C)C(=O)Nc2ccccc2C(C)C)nc2ccc(Br)cc2c1=O. The van der Waals surface area contributed by atoms with Crippen LogP contribution in [0, 0.1) is 0 Å². The van der Waals surface area contributed by atoms with Crippen LogP contribution in [-0.2, 0) is 11.3 Å². The van der Waals surface area contributed by atoms with Gasteiger partial charge < -0.3 is 5.32 Å². The van der Waals surface area contributed by atoms with Gasteiger partial charge in [-0.25, -0.2) is 4.98 Å². The van der Waals surface area contributed by atoms with Gasteiger partial charge in [-0.2, -0.15) is 0 Å². The molecule has 0 saturated heterocycles. The number of carbonyl (C=O) groups excluding carboxylic acids is 1. The van der Waals surface area contributed by atoms with E-state index < -0.39 is 5.25 Å². The van der Waals surface area contributed by atoms with Gasteiger partial charge in [0.1, 0.15) is 0 Å². The molecule has 1 N–H and O–H groups in total. The number of para-hydroxylation sites is 1. The van der Waals surface area contributed by atoms with Crippen LogP contribution in [0.3, 0.4) is 0 Å². The molecular weight excluding hydrogens is 450 g/mol. The van der Waals surface area contributed by atoms with E-state index in [4.69, 9.17) is 0 Å². The summed E-state index contributed by atoms with van der Waals surface area (Å²) in [5, 5.41) is 3.73. The fourth-order valence-corrected chi connectivity index (χ4v) is 4.44. The van der Waals surface area contributed by atoms with Crippen molar-refractivity contribution in [2.24, 2.45) is 0 Å². The van der Waals surface area contributed by atoms with Crippen LogP contribution >= 0.6 is 27.7 Å². The van der Waals surface area contributed by atoms with Gasteiger partial charge in [-0.15, -0.1) is 0 Å². The van der Waals surface area contributed by atoms with Crippen LogP contribution in [0.1, 0.15) is 39.2 Å². The van der Waals surface area contributed by atoms with E-state index in [2.05, 4.69) is 40.1 Å². The number of thioether (sulfide) groups is 1. The molecule has 0 radical (unpaired) electrons. The Morgan fingerprint density at radius 1 is 1.21 bits per heavy atom. The number of benzene rings is 2. The molecular formula is C22H24BrN3O2S. The maximum atomic E-state index is 12.9. The summed E-state index contributed by atoms with van der Waals surface area (Å²) < 4.78 is 2.45. The zero-order valence-corrected chi connectivity index (χ0v) is 19.3. The Balaban J connectivity index is 1.88. The number of carbonyl (C=O) groups is 1. The van der Waals surface area contributed by atoms with E-state index in [9.17, 15) is 9.59 Å². The Morgan fingerprint density at radius 2 is 1.93 bits per heavy atom. The van der Waals surface area contributed by atoms with Gasteiger partial charge in [0, 0.05) is 16.7 Å². The number of nitrogens with zero attached hydrogens (tertiary/aromatic N) is 2. The first-order valence-electron chi connectivity index (χ1n) is 9.58. The smallest absolute Gasteiger partial charge is 0.262 e. The van der Waals surface area contributed by atoms with E-state index in [0.717, 1.165) is 15.7 Å². The summed E-state index contributed by atoms with van der Waals surface area (Å²) in [6, 6.07) is 13.3. The third-order valence-electron chi connectivity index (χ3n) is 4.69. The summed E-state index contributed by atoms with van der Waals surface area (Å²) in [7, 11) is 0. The minimum Gasteiger partial charge on any atom is -0.325 e. The van der Waals surface area contributed by atoms with Crippen LogP contribution in [0.4, 0.5) is 5.69 Å². The molecule has 0 aliphatic carbocycles. The second-order valence-corrected chi connectivity index (χ2v) is 9.32. The molecule has 3 aromatic rings. The third kappa shape index (κ3) is 4.73. The van der Waals surface area contributed by atoms with Crippen molar-refractivity contribution in [3.8, 4) is 0 Å². The summed E-state index contributed by atoms with van der Waals surface area (Å²) in [6.07, 6.45) is 0. The maximum absolute atomic E-state index is 12.9. The van der Waals surface area contributed by atoms with Crippen molar-refractivity contribution in [2.75, 3.05) is 5.32 Å². The van der Waals surface area contributed by atoms with Gasteiger partial charge in [-0.1, -0.05) is 59.7 Å². The lowest BCUT2D eigenvalue weighted by Crippen LogP contribution is -2.27. The predicted octanol–water partition coefficient (Wildman–Crippen LogP) is 5.42. The highest BCUT2D eigenvalue weighted by molar-refractivity contribution is 9.10. The molecule has 1 heterocycles. The van der Waals surface area contributed by atoms with Crippen LogP contribution in [0.2, 0.25) is 0 Å². The Labute approximate surface area is 183 Å². The zero-order valence-electron chi connectivity index (χ0n) is 16.9. The number of rotatable bonds is 6. The average Bonchev–Trinajstić information content (AvgIpc) is 2.69. The van der Waals surface area contributed by atoms with Crippen LogP contribution < -0.4 is 10.9 Å². The summed E-state index contributed by atoms with van der Waals surface area (Å²) in [5.41, 5.74) is 2.45. The fraction of sp³-hybridized carbons (Fsp3) is 0.318. The molecule has 0 bridgehead atoms. The molecule has 3 rings (SSSR count). The number of hydrogen-bond acceptors (Lipinski definition) is 4. The normalized spacial score (nSPS) is 12.3. The predicted molar refractivity (Wildman–Crippen MR) is 124 cm³/mol. The zero-order chi connectivity index (χ0) is 21.1. The largest absolute Gasteiger partial charge is 0.325 e. The van der Waals surface area contributed by atoms with E-state index in [1.807, 2.05) is 50.2 Å². The number of amides is 1. The van der Waals surface area contributed by atoms with E-state index in [0.29, 0.717) is 28.5 Å². The van der Waals surface area contributed by atoms with Crippen molar-refractivity contribution in [2.45, 2.75) is 50.6 Å². The van der Waals surface area contributed by atoms with Crippen molar-refractivity contribution in [3.05, 3.63) is 62.9 Å². The van der Waals surface area contributed by atoms with E-state index in [1.165, 1.54) is 11.8 Å². The third-order valence-corrected chi connectivity index (χ3v) is 6.27. The molecule has 2 aromatic carbocycles. The molecule has 1 aromatic heterocycles. The summed E-state index contributed by atoms with van der Waals surface area (Å²) in [6.45, 7) is 8.42. The highest BCUT2D eigenvalue weighted by Gasteiger charge is 2.20. The summed E-state index contributed by atoms with van der Waals surface area (Å²) >= 11 is 4.70. The van der Waals surface area contributed by atoms with Gasteiger partial charge in [0.15, 0.2) is 5.16 Å². The van der Waals surface area contributed by atoms with Gasteiger partial charge in [0.25, 0.3) is 5.56 Å². The summed E-state index contributed by atoms with van der Waals surface area (Å²) in [5.74, 6) is 0.192. The maximum Gasteiger partial charge on any atom is 0.262 e. The van der Waals surface area contributed by atoms with Gasteiger partial charge in [-0.05, 0) is 49.6 Å². The van der Waals surface area contributed by atoms with E-state index in [1.54, 1.807) is 10.6 Å². The van der Waals surface area contributed by atoms with Gasteiger partial charge in [0.05, 0.1) is 16.2 Å². The van der Waals surface area contributed by atoms with Crippen LogP contribution in [0.15, 0.2) is 56.9 Å². The molecule has 1 amide bonds. The minimum absolute atomic E-state index is 0.0981. The lowest BCUT2D eigenvalue weighted by atomic mass is 10.0. The number of anilines is 1. The molecule has 1 atom stereocenters. The Kier molecular flexibility index (Phi) is 6.80. The molecule has 7 heteroatoms. The molecule has 152 valence electrons. The van der Waals surface area contributed by atoms with Gasteiger partial charge in [-0.3, -0.25) is 14.2 Å². The molecule has 5 nitrogen and oxygen atoms in total. The quantitative estimate of drug-likeness (QED) is 0.383. The van der Waals surface area contributed by atoms with Crippen LogP contribution in [0.5, 0.6) is 0 Å². The number of hydrogen-bond donors (Lipinski definition) is 1. The minimum atomic E-state index is -0.409. The molecule has 1 unspecified atom stereocenters. The topological polar surface area (TPSA) is 64.0 Å². The number of halogens is 1. The van der Waals surface area contributed by atoms with Crippen molar-refractivity contribution in [3.63, 3.8) is 0 Å². The van der Waals surface area contributed by atoms with E-state index in [-0.39, 0.29) is 11.5 Å². The Bertz CT molecular complexity index is 1110. The second-order valence-electron chi connectivity index (χ2n) is 7.10. The Hall–Kier alpha value is -2.12. The van der Waals surface area contributed by atoms with Gasteiger partial charge >= 0.3 is 0 Å². The van der Waals surface area contributed by atoms with Crippen LogP contribution in [0.25, 0.3) is 10.9 Å². The summed E-state index contributed by atoms with van der Waals surface area (Å²) in [4.78, 5) is 30.4. The number of fused-ring (bicyclic) bond motifs is 1. The highest BCUT2D eigenvalue weighted by atomic mass is 79.9. The van der Waals surface area contributed by atoms with Crippen molar-refractivity contribution < 1.29 is 4.79 Å². The lowest BCUT2D eigenvalue weighted by molar-refractivity contribution is -0.115. The average molecular weight is 474 g/mol. The molecule has 0 fully saturated rings. The van der Waals surface area contributed by atoms with Crippen LogP contribution in [-0.4, -0.2) is 20.7 Å². The molecule has 0 aliphatic heterocycles. The molecule has 0 saturated carbocycles. The first-order valence-corrected chi connectivity index (χ1v) is 11.3. The standard InChI is InChI=1S/C22H24BrN3O2S/c1-5-26-21(28)17-12-15(23)10-11-19(17)25-22(26)29-14(4)20(27)24-18-9-7-6-8-16(18)13(2)3/h6-14H,5H2,1-4H3,(H,24,27). The molecule has 29 heavy (non-hydrogen) atoms. The molecule has 0 spiro atoms. The highest BCUT2D eigenvalue weighted by Crippen LogP contribution is 2.27. The fourth-order valence-electron chi connectivity index (χ4n) is 3.10. The molecule has 0 aliphatic rings. The Morgan fingerprint density at radius 3 is 2.62 bits per heavy atom. The monoisotopic (exact) mass is 473 g/mol. The van der Waals surface area contributed by atoms with Gasteiger partial charge in [0.2, 0.25) is 5.91 Å². The lowest BCUT2D eigenvalue weighted by Gasteiger charge is -2.17.